The number of hydrogen-bond acceptors (Lipinski definition) is 6. The van der Waals surface area contributed by atoms with Crippen molar-refractivity contribution >= 4 is 28.1 Å². The van der Waals surface area contributed by atoms with Crippen molar-refractivity contribution in [2.24, 2.45) is 5.73 Å². The molecule has 3 heterocycles. The van der Waals surface area contributed by atoms with Gasteiger partial charge in [-0.25, -0.2) is 4.98 Å². The van der Waals surface area contributed by atoms with Gasteiger partial charge in [0.15, 0.2) is 11.1 Å². The Bertz CT molecular complexity index is 1010. The van der Waals surface area contributed by atoms with E-state index >= 15 is 0 Å². The van der Waals surface area contributed by atoms with Gasteiger partial charge in [-0.3, -0.25) is 14.0 Å². The summed E-state index contributed by atoms with van der Waals surface area (Å²) in [6, 6.07) is 7.60. The fourth-order valence-electron chi connectivity index (χ4n) is 3.03. The van der Waals surface area contributed by atoms with Crippen LogP contribution in [-0.2, 0) is 9.53 Å². The molecule has 1 aromatic carbocycles. The van der Waals surface area contributed by atoms with E-state index in [1.807, 2.05) is 30.5 Å². The number of nitrogens with zero attached hydrogens (tertiary/aromatic N) is 3. The topological polar surface area (TPSA) is 99.2 Å². The van der Waals surface area contributed by atoms with Crippen LogP contribution in [-0.4, -0.2) is 59.0 Å². The van der Waals surface area contributed by atoms with Gasteiger partial charge in [0.2, 0.25) is 5.91 Å². The number of nitrogens with two attached hydrogens (primary N) is 1. The first-order valence-corrected chi connectivity index (χ1v) is 9.26. The van der Waals surface area contributed by atoms with Gasteiger partial charge >= 0.3 is 0 Å². The Hall–Kier alpha value is -2.91. The molecule has 8 nitrogen and oxygen atoms in total. The molecule has 0 saturated carbocycles. The maximum absolute atomic E-state index is 12.9. The highest BCUT2D eigenvalue weighted by atomic mass is 32.1. The molecule has 1 saturated heterocycles. The van der Waals surface area contributed by atoms with Gasteiger partial charge in [-0.15, -0.1) is 11.3 Å². The van der Waals surface area contributed by atoms with Gasteiger partial charge in [-0.05, 0) is 12.1 Å². The molecule has 140 valence electrons. The lowest BCUT2D eigenvalue weighted by Crippen LogP contribution is -2.50. The van der Waals surface area contributed by atoms with Crippen molar-refractivity contribution in [3.8, 4) is 17.0 Å². The zero-order chi connectivity index (χ0) is 19.0. The van der Waals surface area contributed by atoms with Crippen LogP contribution in [0.4, 0.5) is 0 Å². The second-order valence-corrected chi connectivity index (χ2v) is 6.98. The van der Waals surface area contributed by atoms with E-state index in [0.717, 1.165) is 22.0 Å². The van der Waals surface area contributed by atoms with Crippen LogP contribution >= 0.6 is 11.3 Å². The molecule has 2 aromatic heterocycles. The van der Waals surface area contributed by atoms with Crippen molar-refractivity contribution in [2.75, 3.05) is 26.8 Å². The van der Waals surface area contributed by atoms with E-state index in [4.69, 9.17) is 15.2 Å². The van der Waals surface area contributed by atoms with Gasteiger partial charge in [0, 0.05) is 23.7 Å². The lowest BCUT2D eigenvalue weighted by Gasteiger charge is -2.31. The number of rotatable bonds is 4. The first kappa shape index (κ1) is 17.5. The standard InChI is InChI=1S/C18H18N4O4S/c1-25-12-4-2-3-11(7-12)13-8-22-14(10-27-18(22)20-13)17(24)21-5-6-26-15(9-21)16(19)23/h2-4,7-8,10,15H,5-6,9H2,1H3,(H2,19,23). The SMILES string of the molecule is COc1cccc(-c2cn3c(C(=O)N4CCOC(C(N)=O)C4)csc3n2)c1. The molecule has 27 heavy (non-hydrogen) atoms. The highest BCUT2D eigenvalue weighted by Gasteiger charge is 2.29. The van der Waals surface area contributed by atoms with E-state index in [1.54, 1.807) is 21.8 Å². The Labute approximate surface area is 159 Å². The van der Waals surface area contributed by atoms with Gasteiger partial charge in [0.25, 0.3) is 5.91 Å². The summed E-state index contributed by atoms with van der Waals surface area (Å²) in [5.74, 6) is 0.00210. The second-order valence-electron chi connectivity index (χ2n) is 6.14. The Kier molecular flexibility index (Phi) is 4.54. The van der Waals surface area contributed by atoms with Gasteiger partial charge in [0.05, 0.1) is 26.0 Å². The number of fused-ring (bicyclic) bond motifs is 1. The number of amides is 2. The summed E-state index contributed by atoms with van der Waals surface area (Å²) in [6.07, 6.45) is 1.06. The van der Waals surface area contributed by atoms with E-state index in [-0.39, 0.29) is 19.1 Å². The lowest BCUT2D eigenvalue weighted by atomic mass is 10.1. The summed E-state index contributed by atoms with van der Waals surface area (Å²) in [7, 11) is 1.61. The number of carbonyl (C=O) groups is 2. The van der Waals surface area contributed by atoms with Gasteiger partial charge in [0.1, 0.15) is 11.4 Å². The predicted molar refractivity (Wildman–Crippen MR) is 99.9 cm³/mol. The normalized spacial score (nSPS) is 17.2. The van der Waals surface area contributed by atoms with Gasteiger partial charge in [-0.1, -0.05) is 12.1 Å². The first-order chi connectivity index (χ1) is 13.1. The number of imidazole rings is 1. The second kappa shape index (κ2) is 7.01. The largest absolute Gasteiger partial charge is 0.497 e. The zero-order valence-corrected chi connectivity index (χ0v) is 15.4. The molecule has 1 fully saturated rings. The highest BCUT2D eigenvalue weighted by molar-refractivity contribution is 7.15. The number of morpholine rings is 1. The van der Waals surface area contributed by atoms with Crippen LogP contribution in [0, 0.1) is 0 Å². The molecule has 1 aliphatic heterocycles. The predicted octanol–water partition coefficient (Wildman–Crippen LogP) is 1.40. The minimum absolute atomic E-state index is 0.156. The van der Waals surface area contributed by atoms with Crippen LogP contribution in [0.3, 0.4) is 0 Å². The average Bonchev–Trinajstić information content (AvgIpc) is 3.28. The number of aromatic nitrogens is 2. The Morgan fingerprint density at radius 3 is 3.04 bits per heavy atom. The minimum atomic E-state index is -0.771. The van der Waals surface area contributed by atoms with Crippen molar-refractivity contribution < 1.29 is 19.1 Å². The summed E-state index contributed by atoms with van der Waals surface area (Å²) in [6.45, 7) is 0.853. The van der Waals surface area contributed by atoms with Gasteiger partial charge < -0.3 is 20.1 Å². The molecule has 0 spiro atoms. The third-order valence-corrected chi connectivity index (χ3v) is 5.30. The van der Waals surface area contributed by atoms with Crippen molar-refractivity contribution in [3.63, 3.8) is 0 Å². The van der Waals surface area contributed by atoms with Crippen LogP contribution in [0.2, 0.25) is 0 Å². The van der Waals surface area contributed by atoms with Crippen molar-refractivity contribution in [2.45, 2.75) is 6.10 Å². The van der Waals surface area contributed by atoms with Crippen molar-refractivity contribution in [1.82, 2.24) is 14.3 Å². The quantitative estimate of drug-likeness (QED) is 0.731. The number of primary amides is 1. The summed E-state index contributed by atoms with van der Waals surface area (Å²) in [4.78, 5) is 31.2. The molecule has 3 aromatic rings. The lowest BCUT2D eigenvalue weighted by molar-refractivity contribution is -0.133. The number of carbonyl (C=O) groups excluding carboxylic acids is 2. The molecule has 0 bridgehead atoms. The molecule has 0 radical (unpaired) electrons. The van der Waals surface area contributed by atoms with E-state index in [9.17, 15) is 9.59 Å². The molecule has 0 aliphatic carbocycles. The van der Waals surface area contributed by atoms with Gasteiger partial charge in [-0.2, -0.15) is 0 Å². The molecular weight excluding hydrogens is 368 g/mol. The van der Waals surface area contributed by atoms with E-state index in [1.165, 1.54) is 11.3 Å². The summed E-state index contributed by atoms with van der Waals surface area (Å²) >= 11 is 1.39. The van der Waals surface area contributed by atoms with E-state index in [2.05, 4.69) is 4.98 Å². The molecule has 1 atom stereocenters. The fraction of sp³-hybridized carbons (Fsp3) is 0.278. The molecule has 9 heteroatoms. The Morgan fingerprint density at radius 1 is 1.41 bits per heavy atom. The highest BCUT2D eigenvalue weighted by Crippen LogP contribution is 2.27. The number of thiazole rings is 1. The molecular formula is C18H18N4O4S. The summed E-state index contributed by atoms with van der Waals surface area (Å²) in [5, 5.41) is 1.77. The number of benzene rings is 1. The number of ether oxygens (including phenoxy) is 2. The monoisotopic (exact) mass is 386 g/mol. The van der Waals surface area contributed by atoms with Crippen LogP contribution in [0.15, 0.2) is 35.8 Å². The van der Waals surface area contributed by atoms with E-state index < -0.39 is 12.0 Å². The Balaban J connectivity index is 1.64. The van der Waals surface area contributed by atoms with Crippen LogP contribution in [0.25, 0.3) is 16.2 Å². The summed E-state index contributed by atoms with van der Waals surface area (Å²) < 4.78 is 12.3. The summed E-state index contributed by atoms with van der Waals surface area (Å²) in [5.41, 5.74) is 7.47. The van der Waals surface area contributed by atoms with Crippen molar-refractivity contribution in [3.05, 3.63) is 41.5 Å². The molecule has 1 unspecified atom stereocenters. The van der Waals surface area contributed by atoms with Crippen LogP contribution in [0.5, 0.6) is 5.75 Å². The number of hydrogen-bond donors (Lipinski definition) is 1. The van der Waals surface area contributed by atoms with E-state index in [0.29, 0.717) is 12.2 Å². The zero-order valence-electron chi connectivity index (χ0n) is 14.6. The van der Waals surface area contributed by atoms with Crippen LogP contribution in [0.1, 0.15) is 10.5 Å². The molecule has 2 amide bonds. The smallest absolute Gasteiger partial charge is 0.271 e. The molecule has 4 rings (SSSR count). The molecule has 1 aliphatic rings. The third kappa shape index (κ3) is 3.26. The Morgan fingerprint density at radius 2 is 2.26 bits per heavy atom. The minimum Gasteiger partial charge on any atom is -0.497 e. The fourth-order valence-corrected chi connectivity index (χ4v) is 3.87. The van der Waals surface area contributed by atoms with Crippen LogP contribution < -0.4 is 10.5 Å². The maximum Gasteiger partial charge on any atom is 0.271 e. The third-order valence-electron chi connectivity index (χ3n) is 4.46. The maximum atomic E-state index is 12.9. The number of methoxy groups -OCH3 is 1. The first-order valence-electron chi connectivity index (χ1n) is 8.38. The van der Waals surface area contributed by atoms with Crippen molar-refractivity contribution in [1.29, 1.82) is 0 Å². The molecule has 2 N–H and O–H groups in total. The average molecular weight is 386 g/mol.